The van der Waals surface area contributed by atoms with Gasteiger partial charge in [-0.1, -0.05) is 13.3 Å². The molecule has 2 rings (SSSR count). The maximum Gasteiger partial charge on any atom is 0.391 e. The van der Waals surface area contributed by atoms with Crippen molar-refractivity contribution in [2.75, 3.05) is 46.3 Å². The average molecular weight is 349 g/mol. The van der Waals surface area contributed by atoms with E-state index in [1.165, 1.54) is 0 Å². The second kappa shape index (κ2) is 8.52. The molecule has 0 aromatic heterocycles. The maximum absolute atomic E-state index is 12.8. The first-order valence-corrected chi connectivity index (χ1v) is 9.01. The standard InChI is InChI=1S/C17H30F3N3O/c1-13(12-23-8-6-22(2)7-9-23)11-21-16(24)14-4-3-5-15(10-14)17(18,19)20/h13-15H,3-12H2,1-2H3,(H,21,24). The predicted octanol–water partition coefficient (Wildman–Crippen LogP) is 2.35. The van der Waals surface area contributed by atoms with Crippen LogP contribution in [0.1, 0.15) is 32.6 Å². The van der Waals surface area contributed by atoms with Crippen molar-refractivity contribution in [1.29, 1.82) is 0 Å². The Balaban J connectivity index is 1.70. The van der Waals surface area contributed by atoms with Crippen molar-refractivity contribution in [3.8, 4) is 0 Å². The number of piperazine rings is 1. The van der Waals surface area contributed by atoms with Gasteiger partial charge in [-0.3, -0.25) is 4.79 Å². The Hall–Kier alpha value is -0.820. The molecule has 0 radical (unpaired) electrons. The summed E-state index contributed by atoms with van der Waals surface area (Å²) in [5.41, 5.74) is 0. The largest absolute Gasteiger partial charge is 0.391 e. The molecule has 7 heteroatoms. The van der Waals surface area contributed by atoms with Gasteiger partial charge in [0.15, 0.2) is 0 Å². The van der Waals surface area contributed by atoms with E-state index in [1.54, 1.807) is 0 Å². The first-order chi connectivity index (χ1) is 11.3. The third-order valence-electron chi connectivity index (χ3n) is 5.30. The first-order valence-electron chi connectivity index (χ1n) is 9.01. The Labute approximate surface area is 142 Å². The summed E-state index contributed by atoms with van der Waals surface area (Å²) in [5, 5.41) is 2.88. The normalized spacial score (nSPS) is 28.5. The van der Waals surface area contributed by atoms with Gasteiger partial charge in [-0.15, -0.1) is 0 Å². The first kappa shape index (κ1) is 19.5. The van der Waals surface area contributed by atoms with Gasteiger partial charge in [0, 0.05) is 45.2 Å². The van der Waals surface area contributed by atoms with Gasteiger partial charge in [0.25, 0.3) is 0 Å². The van der Waals surface area contributed by atoms with Crippen molar-refractivity contribution in [1.82, 2.24) is 15.1 Å². The molecule has 1 saturated carbocycles. The van der Waals surface area contributed by atoms with Gasteiger partial charge in [-0.25, -0.2) is 0 Å². The van der Waals surface area contributed by atoms with E-state index >= 15 is 0 Å². The summed E-state index contributed by atoms with van der Waals surface area (Å²) in [6, 6.07) is 0. The second-order valence-electron chi connectivity index (χ2n) is 7.56. The van der Waals surface area contributed by atoms with E-state index in [2.05, 4.69) is 29.1 Å². The smallest absolute Gasteiger partial charge is 0.356 e. The zero-order chi connectivity index (χ0) is 17.7. The molecular formula is C17H30F3N3O. The third-order valence-corrected chi connectivity index (χ3v) is 5.30. The van der Waals surface area contributed by atoms with E-state index in [0.29, 0.717) is 25.3 Å². The van der Waals surface area contributed by atoms with Crippen LogP contribution in [-0.2, 0) is 4.79 Å². The van der Waals surface area contributed by atoms with Gasteiger partial charge in [0.1, 0.15) is 0 Å². The zero-order valence-corrected chi connectivity index (χ0v) is 14.7. The molecule has 1 N–H and O–H groups in total. The van der Waals surface area contributed by atoms with E-state index < -0.39 is 18.0 Å². The molecule has 3 atom stereocenters. The number of amides is 1. The lowest BCUT2D eigenvalue weighted by Crippen LogP contribution is -2.47. The topological polar surface area (TPSA) is 35.6 Å². The summed E-state index contributed by atoms with van der Waals surface area (Å²) in [6.45, 7) is 7.72. The number of likely N-dealkylation sites (N-methyl/N-ethyl adjacent to an activating group) is 1. The summed E-state index contributed by atoms with van der Waals surface area (Å²) in [4.78, 5) is 16.9. The number of nitrogens with one attached hydrogen (secondary N) is 1. The SMILES string of the molecule is CC(CNC(=O)C1CCCC(C(F)(F)F)C1)CN1CCN(C)CC1. The number of nitrogens with zero attached hydrogens (tertiary/aromatic N) is 2. The molecule has 0 spiro atoms. The van der Waals surface area contributed by atoms with Gasteiger partial charge < -0.3 is 15.1 Å². The average Bonchev–Trinajstić information content (AvgIpc) is 2.54. The van der Waals surface area contributed by atoms with Crippen LogP contribution in [0.25, 0.3) is 0 Å². The molecule has 3 unspecified atom stereocenters. The predicted molar refractivity (Wildman–Crippen MR) is 87.6 cm³/mol. The number of hydrogen-bond donors (Lipinski definition) is 1. The molecular weight excluding hydrogens is 319 g/mol. The highest BCUT2D eigenvalue weighted by Gasteiger charge is 2.43. The molecule has 2 aliphatic rings. The molecule has 2 fully saturated rings. The number of hydrogen-bond acceptors (Lipinski definition) is 3. The van der Waals surface area contributed by atoms with Crippen molar-refractivity contribution in [2.24, 2.45) is 17.8 Å². The summed E-state index contributed by atoms with van der Waals surface area (Å²) in [7, 11) is 2.11. The van der Waals surface area contributed by atoms with Crippen molar-refractivity contribution in [3.05, 3.63) is 0 Å². The van der Waals surface area contributed by atoms with Crippen LogP contribution in [-0.4, -0.2) is 68.2 Å². The maximum atomic E-state index is 12.8. The molecule has 1 amide bonds. The zero-order valence-electron chi connectivity index (χ0n) is 14.7. The molecule has 1 saturated heterocycles. The minimum Gasteiger partial charge on any atom is -0.356 e. The molecule has 0 aromatic rings. The molecule has 1 aliphatic heterocycles. The van der Waals surface area contributed by atoms with Gasteiger partial charge in [-0.2, -0.15) is 13.2 Å². The van der Waals surface area contributed by atoms with Crippen molar-refractivity contribution in [3.63, 3.8) is 0 Å². The van der Waals surface area contributed by atoms with Crippen molar-refractivity contribution in [2.45, 2.75) is 38.8 Å². The summed E-state index contributed by atoms with van der Waals surface area (Å²) in [6.07, 6.45) is -3.01. The lowest BCUT2D eigenvalue weighted by Gasteiger charge is -2.34. The van der Waals surface area contributed by atoms with Crippen LogP contribution < -0.4 is 5.32 Å². The molecule has 4 nitrogen and oxygen atoms in total. The number of halogens is 3. The fourth-order valence-corrected chi connectivity index (χ4v) is 3.68. The number of rotatable bonds is 5. The molecule has 0 aromatic carbocycles. The van der Waals surface area contributed by atoms with Gasteiger partial charge in [0.2, 0.25) is 5.91 Å². The number of alkyl halides is 3. The Kier molecular flexibility index (Phi) is 6.92. The highest BCUT2D eigenvalue weighted by Crippen LogP contribution is 2.39. The second-order valence-corrected chi connectivity index (χ2v) is 7.56. The fraction of sp³-hybridized carbons (Fsp3) is 0.941. The van der Waals surface area contributed by atoms with Crippen LogP contribution in [0, 0.1) is 17.8 Å². The van der Waals surface area contributed by atoms with Crippen LogP contribution in [0.2, 0.25) is 0 Å². The lowest BCUT2D eigenvalue weighted by atomic mass is 9.80. The molecule has 1 aliphatic carbocycles. The molecule has 140 valence electrons. The van der Waals surface area contributed by atoms with Crippen LogP contribution >= 0.6 is 0 Å². The highest BCUT2D eigenvalue weighted by atomic mass is 19.4. The summed E-state index contributed by atoms with van der Waals surface area (Å²) >= 11 is 0. The lowest BCUT2D eigenvalue weighted by molar-refractivity contribution is -0.186. The minimum atomic E-state index is -4.17. The summed E-state index contributed by atoms with van der Waals surface area (Å²) in [5.74, 6) is -1.69. The van der Waals surface area contributed by atoms with Crippen LogP contribution in [0.3, 0.4) is 0 Å². The van der Waals surface area contributed by atoms with E-state index in [-0.39, 0.29) is 18.7 Å². The van der Waals surface area contributed by atoms with Crippen molar-refractivity contribution < 1.29 is 18.0 Å². The van der Waals surface area contributed by atoms with Crippen LogP contribution in [0.4, 0.5) is 13.2 Å². The Morgan fingerprint density at radius 1 is 1.21 bits per heavy atom. The van der Waals surface area contributed by atoms with Crippen LogP contribution in [0.15, 0.2) is 0 Å². The molecule has 24 heavy (non-hydrogen) atoms. The Morgan fingerprint density at radius 2 is 1.88 bits per heavy atom. The quantitative estimate of drug-likeness (QED) is 0.828. The van der Waals surface area contributed by atoms with Gasteiger partial charge in [-0.05, 0) is 32.2 Å². The fourth-order valence-electron chi connectivity index (χ4n) is 3.68. The van der Waals surface area contributed by atoms with Crippen LogP contribution in [0.5, 0.6) is 0 Å². The van der Waals surface area contributed by atoms with E-state index in [0.717, 1.165) is 32.7 Å². The third kappa shape index (κ3) is 5.92. The minimum absolute atomic E-state index is 0.0534. The van der Waals surface area contributed by atoms with Gasteiger partial charge >= 0.3 is 6.18 Å². The highest BCUT2D eigenvalue weighted by molar-refractivity contribution is 5.78. The van der Waals surface area contributed by atoms with Crippen molar-refractivity contribution >= 4 is 5.91 Å². The summed E-state index contributed by atoms with van der Waals surface area (Å²) < 4.78 is 38.5. The molecule has 1 heterocycles. The van der Waals surface area contributed by atoms with Gasteiger partial charge in [0.05, 0.1) is 5.92 Å². The Bertz CT molecular complexity index is 408. The monoisotopic (exact) mass is 349 g/mol. The Morgan fingerprint density at radius 3 is 2.50 bits per heavy atom. The van der Waals surface area contributed by atoms with E-state index in [4.69, 9.17) is 0 Å². The number of carbonyl (C=O) groups excluding carboxylic acids is 1. The van der Waals surface area contributed by atoms with E-state index in [9.17, 15) is 18.0 Å². The van der Waals surface area contributed by atoms with E-state index in [1.807, 2.05) is 0 Å². The number of carbonyl (C=O) groups is 1. The molecule has 0 bridgehead atoms.